The summed E-state index contributed by atoms with van der Waals surface area (Å²) in [7, 11) is 0. The number of anilines is 1. The molecule has 1 aromatic heterocycles. The number of carbonyl (C=O) groups is 1. The third kappa shape index (κ3) is 3.27. The molecule has 0 aliphatic carbocycles. The molecule has 1 aliphatic heterocycles. The monoisotopic (exact) mass is 272 g/mol. The molecule has 1 aliphatic rings. The quantitative estimate of drug-likeness (QED) is 0.619. The summed E-state index contributed by atoms with van der Waals surface area (Å²) < 4.78 is 0. The Kier molecular flexibility index (Phi) is 4.26. The lowest BCUT2D eigenvalue weighted by Crippen LogP contribution is -2.31. The van der Waals surface area contributed by atoms with Gasteiger partial charge in [-0.15, -0.1) is 0 Å². The van der Waals surface area contributed by atoms with Gasteiger partial charge in [-0.3, -0.25) is 9.78 Å². The lowest BCUT2D eigenvalue weighted by molar-refractivity contribution is 0.0983. The average Bonchev–Trinajstić information content (AvgIpc) is 2.46. The zero-order valence-corrected chi connectivity index (χ0v) is 12.9. The first kappa shape index (κ1) is 14.8. The van der Waals surface area contributed by atoms with Crippen LogP contribution in [0.1, 0.15) is 51.0 Å². The van der Waals surface area contributed by atoms with Gasteiger partial charge in [-0.1, -0.05) is 39.3 Å². The summed E-state index contributed by atoms with van der Waals surface area (Å²) in [5.41, 5.74) is 3.46. The lowest BCUT2D eigenvalue weighted by atomic mass is 9.83. The molecule has 3 heteroatoms. The lowest BCUT2D eigenvalue weighted by Gasteiger charge is -2.33. The topological polar surface area (TPSA) is 33.2 Å². The van der Waals surface area contributed by atoms with Gasteiger partial charge in [0.2, 0.25) is 0 Å². The van der Waals surface area contributed by atoms with E-state index in [0.717, 1.165) is 25.2 Å². The van der Waals surface area contributed by atoms with Crippen molar-refractivity contribution in [1.29, 1.82) is 0 Å². The van der Waals surface area contributed by atoms with Crippen LogP contribution in [0.4, 0.5) is 5.69 Å². The molecule has 0 saturated carbocycles. The van der Waals surface area contributed by atoms with Gasteiger partial charge in [-0.05, 0) is 24.0 Å². The third-order valence-electron chi connectivity index (χ3n) is 3.89. The number of ketones is 1. The highest BCUT2D eigenvalue weighted by Crippen LogP contribution is 2.31. The van der Waals surface area contributed by atoms with Crippen LogP contribution in [0.5, 0.6) is 0 Å². The Morgan fingerprint density at radius 1 is 1.35 bits per heavy atom. The molecule has 0 N–H and O–H groups in total. The Bertz CT molecular complexity index is 509. The second-order valence-electron chi connectivity index (χ2n) is 6.35. The van der Waals surface area contributed by atoms with Crippen molar-refractivity contribution in [2.75, 3.05) is 18.0 Å². The van der Waals surface area contributed by atoms with Crippen molar-refractivity contribution in [1.82, 2.24) is 4.98 Å². The van der Waals surface area contributed by atoms with E-state index in [9.17, 15) is 4.79 Å². The number of pyridine rings is 1. The molecule has 0 aromatic carbocycles. The molecule has 0 unspecified atom stereocenters. The number of hydrogen-bond acceptors (Lipinski definition) is 3. The second kappa shape index (κ2) is 5.78. The van der Waals surface area contributed by atoms with Crippen LogP contribution in [-0.2, 0) is 0 Å². The number of carbonyl (C=O) groups excluding carboxylic acids is 1. The minimum atomic E-state index is 0.102. The van der Waals surface area contributed by atoms with Crippen molar-refractivity contribution in [2.24, 2.45) is 5.41 Å². The van der Waals surface area contributed by atoms with Crippen LogP contribution in [0, 0.1) is 5.41 Å². The van der Waals surface area contributed by atoms with Crippen molar-refractivity contribution in [3.05, 3.63) is 35.7 Å². The summed E-state index contributed by atoms with van der Waals surface area (Å²) in [6.45, 7) is 10.6. The number of hydrogen-bond donors (Lipinski definition) is 0. The molecule has 2 heterocycles. The highest BCUT2D eigenvalue weighted by molar-refractivity contribution is 5.94. The van der Waals surface area contributed by atoms with Gasteiger partial charge in [-0.25, -0.2) is 0 Å². The van der Waals surface area contributed by atoms with Gasteiger partial charge in [-0.2, -0.15) is 0 Å². The van der Waals surface area contributed by atoms with Gasteiger partial charge in [0.1, 0.15) is 5.69 Å². The highest BCUT2D eigenvalue weighted by atomic mass is 16.1. The predicted octanol–water partition coefficient (Wildman–Crippen LogP) is 3.86. The predicted molar refractivity (Wildman–Crippen MR) is 83.2 cm³/mol. The summed E-state index contributed by atoms with van der Waals surface area (Å²) in [5.74, 6) is 0.102. The summed E-state index contributed by atoms with van der Waals surface area (Å²) in [6.07, 6.45) is 5.75. The van der Waals surface area contributed by atoms with Crippen LogP contribution in [0.3, 0.4) is 0 Å². The number of aromatic nitrogens is 1. The van der Waals surface area contributed by atoms with E-state index in [1.54, 1.807) is 0 Å². The zero-order valence-electron chi connectivity index (χ0n) is 12.9. The van der Waals surface area contributed by atoms with E-state index in [-0.39, 0.29) is 11.2 Å². The van der Waals surface area contributed by atoms with E-state index in [4.69, 9.17) is 0 Å². The molecule has 0 fully saturated rings. The average molecular weight is 272 g/mol. The van der Waals surface area contributed by atoms with Gasteiger partial charge < -0.3 is 4.90 Å². The van der Waals surface area contributed by atoms with Crippen LogP contribution in [0.25, 0.3) is 0 Å². The van der Waals surface area contributed by atoms with Crippen LogP contribution in [0.15, 0.2) is 30.0 Å². The Morgan fingerprint density at radius 3 is 2.55 bits per heavy atom. The standard InChI is InChI=1S/C17H24N2O/c1-5-16(20)15-7-6-14(12-18-15)19-10-8-13(9-11-19)17(2,3)4/h6-8,12H,5,9-11H2,1-4H3. The van der Waals surface area contributed by atoms with Gasteiger partial charge in [0.25, 0.3) is 0 Å². The maximum absolute atomic E-state index is 11.6. The molecule has 1 aromatic rings. The maximum atomic E-state index is 11.6. The van der Waals surface area contributed by atoms with Gasteiger partial charge in [0.15, 0.2) is 5.78 Å². The molecular weight excluding hydrogens is 248 g/mol. The van der Waals surface area contributed by atoms with Crippen LogP contribution < -0.4 is 4.90 Å². The van der Waals surface area contributed by atoms with Crippen molar-refractivity contribution in [2.45, 2.75) is 40.5 Å². The van der Waals surface area contributed by atoms with Gasteiger partial charge in [0, 0.05) is 19.5 Å². The summed E-state index contributed by atoms with van der Waals surface area (Å²) in [6, 6.07) is 3.84. The Labute approximate surface area is 121 Å². The summed E-state index contributed by atoms with van der Waals surface area (Å²) >= 11 is 0. The number of nitrogens with zero attached hydrogens (tertiary/aromatic N) is 2. The van der Waals surface area contributed by atoms with Crippen LogP contribution in [0.2, 0.25) is 0 Å². The Hall–Kier alpha value is -1.64. The molecule has 0 atom stereocenters. The van der Waals surface area contributed by atoms with Crippen molar-refractivity contribution in [3.8, 4) is 0 Å². The van der Waals surface area contributed by atoms with Gasteiger partial charge in [0.05, 0.1) is 11.9 Å². The molecule has 0 radical (unpaired) electrons. The van der Waals surface area contributed by atoms with Crippen molar-refractivity contribution >= 4 is 11.5 Å². The van der Waals surface area contributed by atoms with Crippen molar-refractivity contribution < 1.29 is 4.79 Å². The van der Waals surface area contributed by atoms with Crippen molar-refractivity contribution in [3.63, 3.8) is 0 Å². The minimum absolute atomic E-state index is 0.102. The van der Waals surface area contributed by atoms with E-state index < -0.39 is 0 Å². The molecule has 2 rings (SSSR count). The molecule has 0 spiro atoms. The first-order valence-corrected chi connectivity index (χ1v) is 7.35. The fraction of sp³-hybridized carbons (Fsp3) is 0.529. The zero-order chi connectivity index (χ0) is 14.8. The molecule has 0 saturated heterocycles. The van der Waals surface area contributed by atoms with Gasteiger partial charge >= 0.3 is 0 Å². The first-order valence-electron chi connectivity index (χ1n) is 7.35. The second-order valence-corrected chi connectivity index (χ2v) is 6.35. The van der Waals surface area contributed by atoms with Crippen LogP contribution >= 0.6 is 0 Å². The first-order chi connectivity index (χ1) is 9.41. The molecular formula is C17H24N2O. The SMILES string of the molecule is CCC(=O)c1ccc(N2CC=C(C(C)(C)C)CC2)cn1. The van der Waals surface area contributed by atoms with E-state index in [1.807, 2.05) is 25.3 Å². The summed E-state index contributed by atoms with van der Waals surface area (Å²) in [5, 5.41) is 0. The maximum Gasteiger partial charge on any atom is 0.180 e. The van der Waals surface area contributed by atoms with E-state index in [1.165, 1.54) is 5.57 Å². The highest BCUT2D eigenvalue weighted by Gasteiger charge is 2.21. The molecule has 0 bridgehead atoms. The van der Waals surface area contributed by atoms with E-state index >= 15 is 0 Å². The molecule has 0 amide bonds. The third-order valence-corrected chi connectivity index (χ3v) is 3.89. The fourth-order valence-corrected chi connectivity index (χ4v) is 2.50. The minimum Gasteiger partial charge on any atom is -0.366 e. The fourth-order valence-electron chi connectivity index (χ4n) is 2.50. The number of Topliss-reactive ketones (excluding diaryl/α,β-unsaturated/α-hetero) is 1. The summed E-state index contributed by atoms with van der Waals surface area (Å²) in [4.78, 5) is 18.2. The van der Waals surface area contributed by atoms with Crippen LogP contribution in [-0.4, -0.2) is 23.9 Å². The molecule has 3 nitrogen and oxygen atoms in total. The van der Waals surface area contributed by atoms with E-state index in [0.29, 0.717) is 12.1 Å². The number of rotatable bonds is 3. The molecule has 108 valence electrons. The normalized spacial score (nSPS) is 16.0. The smallest absolute Gasteiger partial charge is 0.180 e. The van der Waals surface area contributed by atoms with E-state index in [2.05, 4.69) is 36.7 Å². The molecule has 20 heavy (non-hydrogen) atoms. The Morgan fingerprint density at radius 2 is 2.10 bits per heavy atom. The largest absolute Gasteiger partial charge is 0.366 e. The Balaban J connectivity index is 2.08.